The second-order valence-electron chi connectivity index (χ2n) is 6.14. The Morgan fingerprint density at radius 3 is 2.28 bits per heavy atom. The van der Waals surface area contributed by atoms with E-state index in [0.29, 0.717) is 17.8 Å². The zero-order valence-corrected chi connectivity index (χ0v) is 15.8. The van der Waals surface area contributed by atoms with Crippen LogP contribution in [0.4, 0.5) is 5.69 Å². The van der Waals surface area contributed by atoms with Gasteiger partial charge in [-0.25, -0.2) is 8.42 Å². The van der Waals surface area contributed by atoms with Crippen LogP contribution < -0.4 is 10.0 Å². The molecule has 0 saturated carbocycles. The standard InChI is InChI=1S/C19H24N2O3S/c1-5-10-20-19(22)18-12-17(9-7-14(18)3)25(23,24)21-16-8-6-13(2)15(4)11-16/h6-9,11-12,21H,5,10H2,1-4H3,(H,20,22). The molecule has 0 aliphatic rings. The number of sulfonamides is 1. The number of amides is 1. The van der Waals surface area contributed by atoms with Crippen LogP contribution >= 0.6 is 0 Å². The van der Waals surface area contributed by atoms with E-state index in [-0.39, 0.29) is 10.8 Å². The predicted molar refractivity (Wildman–Crippen MR) is 101 cm³/mol. The summed E-state index contributed by atoms with van der Waals surface area (Å²) in [6.07, 6.45) is 0.817. The average Bonchev–Trinajstić information content (AvgIpc) is 2.56. The molecule has 0 aliphatic carbocycles. The highest BCUT2D eigenvalue weighted by atomic mass is 32.2. The van der Waals surface area contributed by atoms with Crippen molar-refractivity contribution >= 4 is 21.6 Å². The number of nitrogens with one attached hydrogen (secondary N) is 2. The maximum Gasteiger partial charge on any atom is 0.261 e. The van der Waals surface area contributed by atoms with E-state index in [2.05, 4.69) is 10.0 Å². The number of benzene rings is 2. The molecule has 0 saturated heterocycles. The van der Waals surface area contributed by atoms with Gasteiger partial charge in [-0.15, -0.1) is 0 Å². The number of carbonyl (C=O) groups is 1. The third kappa shape index (κ3) is 4.60. The molecule has 0 atom stereocenters. The molecule has 5 nitrogen and oxygen atoms in total. The molecule has 0 bridgehead atoms. The highest BCUT2D eigenvalue weighted by Crippen LogP contribution is 2.21. The van der Waals surface area contributed by atoms with Crippen LogP contribution in [-0.2, 0) is 10.0 Å². The Kier molecular flexibility index (Phi) is 5.85. The first-order valence-electron chi connectivity index (χ1n) is 8.23. The third-order valence-electron chi connectivity index (χ3n) is 4.06. The zero-order chi connectivity index (χ0) is 18.6. The fourth-order valence-electron chi connectivity index (χ4n) is 2.37. The van der Waals surface area contributed by atoms with Gasteiger partial charge in [-0.2, -0.15) is 0 Å². The summed E-state index contributed by atoms with van der Waals surface area (Å²) in [7, 11) is -3.77. The Morgan fingerprint density at radius 2 is 1.64 bits per heavy atom. The molecule has 134 valence electrons. The molecule has 0 heterocycles. The minimum Gasteiger partial charge on any atom is -0.352 e. The lowest BCUT2D eigenvalue weighted by Crippen LogP contribution is -2.25. The molecule has 0 fully saturated rings. The van der Waals surface area contributed by atoms with Gasteiger partial charge in [0, 0.05) is 17.8 Å². The Hall–Kier alpha value is -2.34. The van der Waals surface area contributed by atoms with Gasteiger partial charge in [-0.1, -0.05) is 19.1 Å². The summed E-state index contributed by atoms with van der Waals surface area (Å²) in [6, 6.07) is 9.96. The monoisotopic (exact) mass is 360 g/mol. The van der Waals surface area contributed by atoms with Crippen molar-refractivity contribution < 1.29 is 13.2 Å². The summed E-state index contributed by atoms with van der Waals surface area (Å²) in [4.78, 5) is 12.3. The van der Waals surface area contributed by atoms with E-state index in [1.54, 1.807) is 25.1 Å². The van der Waals surface area contributed by atoms with Gasteiger partial charge in [-0.3, -0.25) is 9.52 Å². The lowest BCUT2D eigenvalue weighted by molar-refractivity contribution is 0.0953. The van der Waals surface area contributed by atoms with Crippen LogP contribution in [0.1, 0.15) is 40.4 Å². The minimum atomic E-state index is -3.77. The highest BCUT2D eigenvalue weighted by Gasteiger charge is 2.18. The number of rotatable bonds is 6. The van der Waals surface area contributed by atoms with E-state index in [9.17, 15) is 13.2 Å². The quantitative estimate of drug-likeness (QED) is 0.827. The van der Waals surface area contributed by atoms with Crippen LogP contribution in [0, 0.1) is 20.8 Å². The number of anilines is 1. The van der Waals surface area contributed by atoms with Crippen LogP contribution in [0.5, 0.6) is 0 Å². The summed E-state index contributed by atoms with van der Waals surface area (Å²) in [5.74, 6) is -0.261. The number of hydrogen-bond donors (Lipinski definition) is 2. The van der Waals surface area contributed by atoms with Gasteiger partial charge in [-0.05, 0) is 68.1 Å². The van der Waals surface area contributed by atoms with E-state index >= 15 is 0 Å². The van der Waals surface area contributed by atoms with Crippen LogP contribution in [-0.4, -0.2) is 20.9 Å². The maximum absolute atomic E-state index is 12.7. The molecule has 0 aliphatic heterocycles. The lowest BCUT2D eigenvalue weighted by atomic mass is 10.1. The topological polar surface area (TPSA) is 75.3 Å². The van der Waals surface area contributed by atoms with Gasteiger partial charge in [0.15, 0.2) is 0 Å². The van der Waals surface area contributed by atoms with Crippen molar-refractivity contribution in [1.29, 1.82) is 0 Å². The van der Waals surface area contributed by atoms with Crippen molar-refractivity contribution in [3.05, 3.63) is 58.7 Å². The fraction of sp³-hybridized carbons (Fsp3) is 0.316. The molecule has 2 aromatic rings. The predicted octanol–water partition coefficient (Wildman–Crippen LogP) is 3.55. The molecule has 25 heavy (non-hydrogen) atoms. The van der Waals surface area contributed by atoms with Gasteiger partial charge in [0.25, 0.3) is 15.9 Å². The van der Waals surface area contributed by atoms with E-state index in [0.717, 1.165) is 23.1 Å². The third-order valence-corrected chi connectivity index (χ3v) is 5.44. The van der Waals surface area contributed by atoms with Gasteiger partial charge < -0.3 is 5.32 Å². The molecule has 2 aromatic carbocycles. The second-order valence-corrected chi connectivity index (χ2v) is 7.82. The van der Waals surface area contributed by atoms with Crippen LogP contribution in [0.25, 0.3) is 0 Å². The van der Waals surface area contributed by atoms with Crippen LogP contribution in [0.2, 0.25) is 0 Å². The number of hydrogen-bond acceptors (Lipinski definition) is 3. The molecule has 6 heteroatoms. The summed E-state index contributed by atoms with van der Waals surface area (Å²) >= 11 is 0. The van der Waals surface area contributed by atoms with E-state index in [1.165, 1.54) is 12.1 Å². The summed E-state index contributed by atoms with van der Waals surface area (Å²) in [5, 5.41) is 2.78. The van der Waals surface area contributed by atoms with Gasteiger partial charge in [0.1, 0.15) is 0 Å². The molecule has 0 unspecified atom stereocenters. The van der Waals surface area contributed by atoms with Crippen molar-refractivity contribution in [2.45, 2.75) is 39.0 Å². The first-order valence-corrected chi connectivity index (χ1v) is 9.72. The van der Waals surface area contributed by atoms with Crippen LogP contribution in [0.15, 0.2) is 41.3 Å². The average molecular weight is 360 g/mol. The molecule has 0 spiro atoms. The molecule has 1 amide bonds. The van der Waals surface area contributed by atoms with Crippen molar-refractivity contribution in [3.8, 4) is 0 Å². The minimum absolute atomic E-state index is 0.0676. The van der Waals surface area contributed by atoms with Crippen molar-refractivity contribution in [2.75, 3.05) is 11.3 Å². The van der Waals surface area contributed by atoms with Crippen LogP contribution in [0.3, 0.4) is 0 Å². The maximum atomic E-state index is 12.7. The lowest BCUT2D eigenvalue weighted by Gasteiger charge is -2.12. The van der Waals surface area contributed by atoms with E-state index in [4.69, 9.17) is 0 Å². The largest absolute Gasteiger partial charge is 0.352 e. The van der Waals surface area contributed by atoms with Gasteiger partial charge in [0.05, 0.1) is 4.90 Å². The van der Waals surface area contributed by atoms with Crippen molar-refractivity contribution in [2.24, 2.45) is 0 Å². The van der Waals surface area contributed by atoms with Crippen molar-refractivity contribution in [1.82, 2.24) is 5.32 Å². The first kappa shape index (κ1) is 19.0. The molecule has 2 rings (SSSR count). The molecular formula is C19H24N2O3S. The normalized spacial score (nSPS) is 11.2. The smallest absolute Gasteiger partial charge is 0.261 e. The Bertz CT molecular complexity index is 890. The highest BCUT2D eigenvalue weighted by molar-refractivity contribution is 7.92. The van der Waals surface area contributed by atoms with Gasteiger partial charge in [0.2, 0.25) is 0 Å². The number of aryl methyl sites for hydroxylation is 3. The van der Waals surface area contributed by atoms with Gasteiger partial charge >= 0.3 is 0 Å². The summed E-state index contributed by atoms with van der Waals surface area (Å²) < 4.78 is 27.9. The Balaban J connectivity index is 2.32. The summed E-state index contributed by atoms with van der Waals surface area (Å²) in [5.41, 5.74) is 3.70. The summed E-state index contributed by atoms with van der Waals surface area (Å²) in [6.45, 7) is 8.19. The van der Waals surface area contributed by atoms with E-state index in [1.807, 2.05) is 26.8 Å². The second kappa shape index (κ2) is 7.70. The van der Waals surface area contributed by atoms with E-state index < -0.39 is 10.0 Å². The number of carbonyl (C=O) groups excluding carboxylic acids is 1. The molecular weight excluding hydrogens is 336 g/mol. The fourth-order valence-corrected chi connectivity index (χ4v) is 3.44. The Morgan fingerprint density at radius 1 is 0.960 bits per heavy atom. The Labute approximate surface area is 149 Å². The molecule has 0 radical (unpaired) electrons. The molecule has 0 aromatic heterocycles. The molecule has 2 N–H and O–H groups in total. The zero-order valence-electron chi connectivity index (χ0n) is 15.0. The van der Waals surface area contributed by atoms with Crippen molar-refractivity contribution in [3.63, 3.8) is 0 Å². The first-order chi connectivity index (χ1) is 11.7. The SMILES string of the molecule is CCCNC(=O)c1cc(S(=O)(=O)Nc2ccc(C)c(C)c2)ccc1C.